The molecule has 1 atom stereocenters. The van der Waals surface area contributed by atoms with Crippen molar-refractivity contribution in [1.29, 1.82) is 0 Å². The molecule has 1 aromatic heterocycles. The number of methoxy groups -OCH3 is 1. The van der Waals surface area contributed by atoms with E-state index < -0.39 is 17.4 Å². The van der Waals surface area contributed by atoms with E-state index in [1.807, 2.05) is 0 Å². The molecule has 0 saturated heterocycles. The highest BCUT2D eigenvalue weighted by Crippen LogP contribution is 2.31. The molecule has 0 radical (unpaired) electrons. The molecular formula is C17H16F2N2O5S. The van der Waals surface area contributed by atoms with Gasteiger partial charge in [0.15, 0.2) is 5.75 Å². The van der Waals surface area contributed by atoms with Gasteiger partial charge in [0.25, 0.3) is 5.91 Å². The van der Waals surface area contributed by atoms with E-state index in [0.717, 1.165) is 0 Å². The normalized spacial score (nSPS) is 14.0. The van der Waals surface area contributed by atoms with Gasteiger partial charge in [-0.2, -0.15) is 13.8 Å². The number of amides is 1. The standard InChI is InChI=1S/C17H16F2N2O5S/c1-24-9-16(22)21-8-13-14(20-7-6-15(13)26-21)10-27(23)12-4-2-11(3-5-12)25-17(18)19/h2-7,17H,8-10H2,1H3. The molecule has 7 nitrogen and oxygen atoms in total. The molecule has 0 fully saturated rings. The van der Waals surface area contributed by atoms with E-state index >= 15 is 0 Å². The molecule has 0 aliphatic carbocycles. The lowest BCUT2D eigenvalue weighted by molar-refractivity contribution is -0.159. The largest absolute Gasteiger partial charge is 0.435 e. The van der Waals surface area contributed by atoms with Crippen LogP contribution < -0.4 is 9.57 Å². The van der Waals surface area contributed by atoms with Crippen LogP contribution in [0.2, 0.25) is 0 Å². The van der Waals surface area contributed by atoms with Crippen molar-refractivity contribution < 1.29 is 32.1 Å². The minimum Gasteiger partial charge on any atom is -0.435 e. The summed E-state index contributed by atoms with van der Waals surface area (Å²) < 4.78 is 46.1. The molecule has 1 amide bonds. The van der Waals surface area contributed by atoms with E-state index in [9.17, 15) is 17.8 Å². The number of hydrogen-bond acceptors (Lipinski definition) is 6. The summed E-state index contributed by atoms with van der Waals surface area (Å²) >= 11 is 0. The molecule has 1 unspecified atom stereocenters. The first-order valence-corrected chi connectivity index (χ1v) is 9.17. The van der Waals surface area contributed by atoms with Crippen LogP contribution in [0.4, 0.5) is 8.78 Å². The van der Waals surface area contributed by atoms with Gasteiger partial charge in [-0.25, -0.2) is 0 Å². The summed E-state index contributed by atoms with van der Waals surface area (Å²) in [7, 11) is -0.0507. The van der Waals surface area contributed by atoms with Gasteiger partial charge in [-0.3, -0.25) is 14.0 Å². The SMILES string of the molecule is COCC(=O)N1Cc2c(ccnc2CS(=O)c2ccc(OC(F)F)cc2)O1. The van der Waals surface area contributed by atoms with Crippen molar-refractivity contribution in [3.05, 3.63) is 47.8 Å². The second kappa shape index (κ2) is 8.40. The smallest absolute Gasteiger partial charge is 0.387 e. The van der Waals surface area contributed by atoms with Crippen molar-refractivity contribution in [3.8, 4) is 11.5 Å². The summed E-state index contributed by atoms with van der Waals surface area (Å²) in [6, 6.07) is 7.20. The highest BCUT2D eigenvalue weighted by Gasteiger charge is 2.28. The van der Waals surface area contributed by atoms with Crippen LogP contribution in [0.3, 0.4) is 0 Å². The number of halogens is 2. The lowest BCUT2D eigenvalue weighted by Gasteiger charge is -2.13. The zero-order valence-electron chi connectivity index (χ0n) is 14.3. The maximum Gasteiger partial charge on any atom is 0.387 e. The molecule has 0 saturated carbocycles. The van der Waals surface area contributed by atoms with Crippen molar-refractivity contribution in [1.82, 2.24) is 10.0 Å². The Morgan fingerprint density at radius 3 is 2.74 bits per heavy atom. The predicted octanol–water partition coefficient (Wildman–Crippen LogP) is 2.27. The Kier molecular flexibility index (Phi) is 5.97. The molecule has 0 spiro atoms. The van der Waals surface area contributed by atoms with Crippen LogP contribution in [-0.4, -0.2) is 40.5 Å². The van der Waals surface area contributed by atoms with E-state index in [0.29, 0.717) is 21.9 Å². The third-order valence-electron chi connectivity index (χ3n) is 3.74. The Bertz CT molecular complexity index is 848. The molecule has 0 bridgehead atoms. The van der Waals surface area contributed by atoms with Crippen LogP contribution in [0.5, 0.6) is 11.5 Å². The third kappa shape index (κ3) is 4.58. The molecule has 0 N–H and O–H groups in total. The first-order valence-electron chi connectivity index (χ1n) is 7.85. The number of hydroxylamine groups is 2. The Morgan fingerprint density at radius 2 is 2.07 bits per heavy atom. The fraction of sp³-hybridized carbons (Fsp3) is 0.294. The van der Waals surface area contributed by atoms with E-state index in [-0.39, 0.29) is 30.6 Å². The summed E-state index contributed by atoms with van der Waals surface area (Å²) in [6.07, 6.45) is 1.51. The molecule has 144 valence electrons. The van der Waals surface area contributed by atoms with Crippen molar-refractivity contribution in [2.75, 3.05) is 13.7 Å². The van der Waals surface area contributed by atoms with Crippen molar-refractivity contribution in [2.24, 2.45) is 0 Å². The van der Waals surface area contributed by atoms with E-state index in [2.05, 4.69) is 9.72 Å². The van der Waals surface area contributed by atoms with Gasteiger partial charge in [0.1, 0.15) is 12.4 Å². The number of aromatic nitrogens is 1. The van der Waals surface area contributed by atoms with Crippen molar-refractivity contribution >= 4 is 16.7 Å². The summed E-state index contributed by atoms with van der Waals surface area (Å²) in [5.41, 5.74) is 1.21. The number of carbonyl (C=O) groups is 1. The van der Waals surface area contributed by atoms with Crippen LogP contribution in [-0.2, 0) is 32.6 Å². The molecule has 2 aromatic rings. The minimum atomic E-state index is -2.92. The van der Waals surface area contributed by atoms with E-state index in [1.165, 1.54) is 42.6 Å². The quantitative estimate of drug-likeness (QED) is 0.712. The number of pyridine rings is 1. The fourth-order valence-electron chi connectivity index (χ4n) is 2.50. The maximum atomic E-state index is 12.6. The van der Waals surface area contributed by atoms with Gasteiger partial charge in [0.05, 0.1) is 28.8 Å². The Balaban J connectivity index is 1.71. The highest BCUT2D eigenvalue weighted by atomic mass is 32.2. The summed E-state index contributed by atoms with van der Waals surface area (Å²) in [4.78, 5) is 22.1. The zero-order chi connectivity index (χ0) is 19.4. The molecular weight excluding hydrogens is 382 g/mol. The number of rotatable bonds is 7. The first kappa shape index (κ1) is 19.2. The number of nitrogens with zero attached hydrogens (tertiary/aromatic N) is 2. The molecule has 2 heterocycles. The molecule has 1 aliphatic rings. The van der Waals surface area contributed by atoms with Gasteiger partial charge >= 0.3 is 6.61 Å². The van der Waals surface area contributed by atoms with Gasteiger partial charge < -0.3 is 14.3 Å². The lowest BCUT2D eigenvalue weighted by Crippen LogP contribution is -2.32. The predicted molar refractivity (Wildman–Crippen MR) is 90.5 cm³/mol. The Morgan fingerprint density at radius 1 is 1.33 bits per heavy atom. The molecule has 10 heteroatoms. The average molecular weight is 398 g/mol. The van der Waals surface area contributed by atoms with Gasteiger partial charge in [0.2, 0.25) is 0 Å². The van der Waals surface area contributed by atoms with Crippen molar-refractivity contribution in [2.45, 2.75) is 23.8 Å². The number of alkyl halides is 2. The number of hydrogen-bond donors (Lipinski definition) is 0. The zero-order valence-corrected chi connectivity index (χ0v) is 15.1. The van der Waals surface area contributed by atoms with E-state index in [1.54, 1.807) is 6.07 Å². The molecule has 27 heavy (non-hydrogen) atoms. The average Bonchev–Trinajstić information content (AvgIpc) is 3.07. The Labute approximate surface area is 156 Å². The Hall–Kier alpha value is -2.59. The highest BCUT2D eigenvalue weighted by molar-refractivity contribution is 7.84. The topological polar surface area (TPSA) is 78.0 Å². The van der Waals surface area contributed by atoms with Gasteiger partial charge in [-0.05, 0) is 24.3 Å². The van der Waals surface area contributed by atoms with Crippen molar-refractivity contribution in [3.63, 3.8) is 0 Å². The third-order valence-corrected chi connectivity index (χ3v) is 5.07. The summed E-state index contributed by atoms with van der Waals surface area (Å²) in [6.45, 7) is -2.85. The molecule has 3 rings (SSSR count). The van der Waals surface area contributed by atoms with Crippen LogP contribution in [0.25, 0.3) is 0 Å². The van der Waals surface area contributed by atoms with Gasteiger partial charge in [0, 0.05) is 29.8 Å². The molecule has 1 aliphatic heterocycles. The number of ether oxygens (including phenoxy) is 2. The van der Waals surface area contributed by atoms with Gasteiger partial charge in [-0.15, -0.1) is 0 Å². The first-order chi connectivity index (χ1) is 13.0. The molecule has 1 aromatic carbocycles. The monoisotopic (exact) mass is 398 g/mol. The van der Waals surface area contributed by atoms with Crippen LogP contribution in [0.1, 0.15) is 11.3 Å². The van der Waals surface area contributed by atoms with E-state index in [4.69, 9.17) is 9.57 Å². The second-order valence-corrected chi connectivity index (χ2v) is 6.98. The van der Waals surface area contributed by atoms with Gasteiger partial charge in [-0.1, -0.05) is 0 Å². The number of carbonyl (C=O) groups excluding carboxylic acids is 1. The van der Waals surface area contributed by atoms with Crippen LogP contribution in [0, 0.1) is 0 Å². The number of fused-ring (bicyclic) bond motifs is 1. The fourth-order valence-corrected chi connectivity index (χ4v) is 3.61. The summed E-state index contributed by atoms with van der Waals surface area (Å²) in [5, 5.41) is 1.17. The lowest BCUT2D eigenvalue weighted by atomic mass is 10.2. The minimum absolute atomic E-state index is 0.00910. The number of benzene rings is 1. The summed E-state index contributed by atoms with van der Waals surface area (Å²) in [5.74, 6) is 0.219. The van der Waals surface area contributed by atoms with Crippen LogP contribution >= 0.6 is 0 Å². The maximum absolute atomic E-state index is 12.6. The second-order valence-electron chi connectivity index (χ2n) is 5.53. The van der Waals surface area contributed by atoms with Crippen LogP contribution in [0.15, 0.2) is 41.4 Å².